The van der Waals surface area contributed by atoms with Crippen LogP contribution in [-0.2, 0) is 0 Å². The summed E-state index contributed by atoms with van der Waals surface area (Å²) < 4.78 is 7.59. The number of hydrogen-bond acceptors (Lipinski definition) is 3. The molecule has 132 valence electrons. The second-order valence-electron chi connectivity index (χ2n) is 5.86. The largest absolute Gasteiger partial charge is 0.492 e. The molecular formula is C18H26ClN3O2. The van der Waals surface area contributed by atoms with Gasteiger partial charge < -0.3 is 20.4 Å². The van der Waals surface area contributed by atoms with Gasteiger partial charge in [-0.1, -0.05) is 0 Å². The Morgan fingerprint density at radius 3 is 2.38 bits per heavy atom. The first-order valence-corrected chi connectivity index (χ1v) is 7.86. The molecule has 1 amide bonds. The number of rotatable bonds is 6. The molecule has 1 aromatic carbocycles. The normalized spacial score (nSPS) is 10.4. The lowest BCUT2D eigenvalue weighted by Gasteiger charge is -2.13. The van der Waals surface area contributed by atoms with Gasteiger partial charge in [-0.2, -0.15) is 0 Å². The molecule has 0 spiro atoms. The predicted molar refractivity (Wildman–Crippen MR) is 100 cm³/mol. The van der Waals surface area contributed by atoms with Crippen LogP contribution in [0.4, 0.5) is 5.69 Å². The second-order valence-corrected chi connectivity index (χ2v) is 5.86. The fourth-order valence-corrected chi connectivity index (χ4v) is 2.81. The highest BCUT2D eigenvalue weighted by Crippen LogP contribution is 2.22. The molecule has 0 aliphatic carbocycles. The van der Waals surface area contributed by atoms with Gasteiger partial charge >= 0.3 is 0 Å². The summed E-state index contributed by atoms with van der Waals surface area (Å²) in [4.78, 5) is 12.5. The van der Waals surface area contributed by atoms with Gasteiger partial charge in [0.1, 0.15) is 12.4 Å². The van der Waals surface area contributed by atoms with E-state index in [4.69, 9.17) is 10.5 Å². The van der Waals surface area contributed by atoms with E-state index in [1.807, 2.05) is 44.2 Å². The van der Waals surface area contributed by atoms with Crippen molar-refractivity contribution in [3.05, 3.63) is 47.3 Å². The van der Waals surface area contributed by atoms with Gasteiger partial charge in [-0.25, -0.2) is 0 Å². The minimum atomic E-state index is -0.0966. The van der Waals surface area contributed by atoms with Crippen LogP contribution in [0.1, 0.15) is 41.6 Å². The minimum absolute atomic E-state index is 0. The lowest BCUT2D eigenvalue weighted by molar-refractivity contribution is 0.102. The van der Waals surface area contributed by atoms with Crippen LogP contribution in [0.25, 0.3) is 0 Å². The van der Waals surface area contributed by atoms with Crippen molar-refractivity contribution >= 4 is 24.0 Å². The molecule has 2 aromatic rings. The number of halogens is 1. The molecule has 0 atom stereocenters. The fourth-order valence-electron chi connectivity index (χ4n) is 2.81. The van der Waals surface area contributed by atoms with Gasteiger partial charge in [0.25, 0.3) is 5.91 Å². The zero-order chi connectivity index (χ0) is 17.0. The Balaban J connectivity index is 0.00000288. The maximum absolute atomic E-state index is 12.5. The summed E-state index contributed by atoms with van der Waals surface area (Å²) >= 11 is 0. The van der Waals surface area contributed by atoms with Crippen LogP contribution in [0.5, 0.6) is 5.75 Å². The average molecular weight is 352 g/mol. The lowest BCUT2D eigenvalue weighted by atomic mass is 10.2. The molecule has 0 bridgehead atoms. The summed E-state index contributed by atoms with van der Waals surface area (Å²) in [5, 5.41) is 2.93. The summed E-state index contributed by atoms with van der Waals surface area (Å²) in [7, 11) is 0. The molecule has 2 rings (SSSR count). The summed E-state index contributed by atoms with van der Waals surface area (Å²) in [5.74, 6) is 0.645. The third kappa shape index (κ3) is 4.52. The van der Waals surface area contributed by atoms with Crippen molar-refractivity contribution in [1.82, 2.24) is 4.57 Å². The van der Waals surface area contributed by atoms with Crippen LogP contribution < -0.4 is 15.8 Å². The Labute approximate surface area is 149 Å². The standard InChI is InChI=1S/C18H25N3O2.ClH/c1-12(2)21-13(3)11-17(14(21)4)18(22)20-15-5-7-16(8-6-15)23-10-9-19;/h5-8,11-12H,9-10,19H2,1-4H3,(H,20,22);1H. The molecule has 0 saturated heterocycles. The number of nitrogens with zero attached hydrogens (tertiary/aromatic N) is 1. The van der Waals surface area contributed by atoms with Crippen molar-refractivity contribution in [2.24, 2.45) is 5.73 Å². The molecular weight excluding hydrogens is 326 g/mol. The van der Waals surface area contributed by atoms with Crippen LogP contribution in [0.3, 0.4) is 0 Å². The van der Waals surface area contributed by atoms with E-state index in [1.54, 1.807) is 0 Å². The van der Waals surface area contributed by atoms with Crippen LogP contribution in [0.15, 0.2) is 30.3 Å². The van der Waals surface area contributed by atoms with Gasteiger partial charge in [-0.15, -0.1) is 12.4 Å². The first-order valence-electron chi connectivity index (χ1n) is 7.86. The van der Waals surface area contributed by atoms with E-state index >= 15 is 0 Å². The zero-order valence-corrected chi connectivity index (χ0v) is 15.4. The summed E-state index contributed by atoms with van der Waals surface area (Å²) in [5.41, 5.74) is 8.93. The number of nitrogens with one attached hydrogen (secondary N) is 1. The maximum atomic E-state index is 12.5. The molecule has 5 nitrogen and oxygen atoms in total. The van der Waals surface area contributed by atoms with Crippen LogP contribution in [-0.4, -0.2) is 23.6 Å². The zero-order valence-electron chi connectivity index (χ0n) is 14.6. The van der Waals surface area contributed by atoms with Crippen molar-refractivity contribution < 1.29 is 9.53 Å². The van der Waals surface area contributed by atoms with Crippen molar-refractivity contribution in [2.75, 3.05) is 18.5 Å². The average Bonchev–Trinajstić information content (AvgIpc) is 2.81. The monoisotopic (exact) mass is 351 g/mol. The van der Waals surface area contributed by atoms with Gasteiger partial charge in [0, 0.05) is 29.7 Å². The minimum Gasteiger partial charge on any atom is -0.492 e. The lowest BCUT2D eigenvalue weighted by Crippen LogP contribution is -2.14. The summed E-state index contributed by atoms with van der Waals surface area (Å²) in [6.45, 7) is 9.18. The molecule has 0 aliphatic heterocycles. The van der Waals surface area contributed by atoms with E-state index in [0.717, 1.165) is 22.8 Å². The molecule has 0 saturated carbocycles. The van der Waals surface area contributed by atoms with Gasteiger partial charge in [-0.05, 0) is 58.0 Å². The number of aryl methyl sites for hydroxylation is 1. The van der Waals surface area contributed by atoms with E-state index in [-0.39, 0.29) is 18.3 Å². The Hall–Kier alpha value is -1.98. The summed E-state index contributed by atoms with van der Waals surface area (Å²) in [6.07, 6.45) is 0. The molecule has 0 unspecified atom stereocenters. The van der Waals surface area contributed by atoms with Crippen molar-refractivity contribution in [1.29, 1.82) is 0 Å². The van der Waals surface area contributed by atoms with Gasteiger partial charge in [-0.3, -0.25) is 4.79 Å². The fraction of sp³-hybridized carbons (Fsp3) is 0.389. The molecule has 1 aromatic heterocycles. The number of carbonyl (C=O) groups excluding carboxylic acids is 1. The first kappa shape index (κ1) is 20.1. The van der Waals surface area contributed by atoms with Crippen molar-refractivity contribution in [3.63, 3.8) is 0 Å². The number of carbonyl (C=O) groups is 1. The van der Waals surface area contributed by atoms with E-state index in [9.17, 15) is 4.79 Å². The molecule has 1 heterocycles. The third-order valence-electron chi connectivity index (χ3n) is 3.74. The quantitative estimate of drug-likeness (QED) is 0.833. The Bertz CT molecular complexity index is 678. The Morgan fingerprint density at radius 2 is 1.88 bits per heavy atom. The van der Waals surface area contributed by atoms with Gasteiger partial charge in [0.2, 0.25) is 0 Å². The molecule has 0 aliphatic rings. The number of amides is 1. The van der Waals surface area contributed by atoms with Crippen molar-refractivity contribution in [3.8, 4) is 5.75 Å². The molecule has 0 radical (unpaired) electrons. The molecule has 0 fully saturated rings. The highest BCUT2D eigenvalue weighted by atomic mass is 35.5. The number of anilines is 1. The van der Waals surface area contributed by atoms with E-state index < -0.39 is 0 Å². The Morgan fingerprint density at radius 1 is 1.25 bits per heavy atom. The number of nitrogens with two attached hydrogens (primary N) is 1. The highest BCUT2D eigenvalue weighted by molar-refractivity contribution is 6.05. The number of ether oxygens (including phenoxy) is 1. The van der Waals surface area contributed by atoms with Crippen LogP contribution >= 0.6 is 12.4 Å². The molecule has 24 heavy (non-hydrogen) atoms. The summed E-state index contributed by atoms with van der Waals surface area (Å²) in [6, 6.07) is 9.56. The smallest absolute Gasteiger partial charge is 0.257 e. The maximum Gasteiger partial charge on any atom is 0.257 e. The van der Waals surface area contributed by atoms with Crippen LogP contribution in [0, 0.1) is 13.8 Å². The first-order chi connectivity index (χ1) is 10.9. The van der Waals surface area contributed by atoms with Gasteiger partial charge in [0.05, 0.1) is 5.56 Å². The number of aromatic nitrogens is 1. The van der Waals surface area contributed by atoms with E-state index in [2.05, 4.69) is 23.7 Å². The highest BCUT2D eigenvalue weighted by Gasteiger charge is 2.17. The third-order valence-corrected chi connectivity index (χ3v) is 3.74. The number of benzene rings is 1. The number of hydrogen-bond donors (Lipinski definition) is 2. The second kappa shape index (κ2) is 8.76. The van der Waals surface area contributed by atoms with Crippen molar-refractivity contribution in [2.45, 2.75) is 33.7 Å². The topological polar surface area (TPSA) is 69.3 Å². The SMILES string of the molecule is Cc1cc(C(=O)Nc2ccc(OCCN)cc2)c(C)n1C(C)C.Cl. The van der Waals surface area contributed by atoms with Gasteiger partial charge in [0.15, 0.2) is 0 Å². The van der Waals surface area contributed by atoms with Crippen LogP contribution in [0.2, 0.25) is 0 Å². The van der Waals surface area contributed by atoms with E-state index in [0.29, 0.717) is 24.8 Å². The van der Waals surface area contributed by atoms with E-state index in [1.165, 1.54) is 0 Å². The molecule has 3 N–H and O–H groups in total. The predicted octanol–water partition coefficient (Wildman–Crippen LogP) is 3.70. The Kier molecular flexibility index (Phi) is 7.32. The molecule has 6 heteroatoms.